The number of para-hydroxylation sites is 6. The number of nitrogens with zero attached hydrogens (tertiary/aromatic N) is 10. The molecule has 0 radical (unpaired) electrons. The first-order valence-corrected chi connectivity index (χ1v) is 37.7. The highest BCUT2D eigenvalue weighted by Gasteiger charge is 2.25. The zero-order valence-electron chi connectivity index (χ0n) is 60.6. The van der Waals surface area contributed by atoms with Gasteiger partial charge < -0.3 is 9.13 Å². The number of hydrogen-bond donors (Lipinski definition) is 0. The molecule has 10 nitrogen and oxygen atoms in total. The Morgan fingerprint density at radius 3 is 0.714 bits per heavy atom. The van der Waals surface area contributed by atoms with Crippen LogP contribution in [0.3, 0.4) is 0 Å². The molecule has 0 aliphatic rings. The van der Waals surface area contributed by atoms with Gasteiger partial charge in [-0.25, -0.2) is 9.97 Å². The third-order valence-electron chi connectivity index (χ3n) is 21.6. The second-order valence-corrected chi connectivity index (χ2v) is 28.1. The first kappa shape index (κ1) is 65.1. The van der Waals surface area contributed by atoms with Crippen molar-refractivity contribution >= 4 is 87.2 Å². The number of rotatable bonds is 12. The van der Waals surface area contributed by atoms with E-state index in [1.807, 2.05) is 121 Å². The predicted molar refractivity (Wildman–Crippen MR) is 460 cm³/mol. The topological polar surface area (TPSA) is 97.1 Å². The highest BCUT2D eigenvalue weighted by atomic mass is 15.2. The molecule has 22 aromatic rings. The smallest absolute Gasteiger partial charge is 0.238 e. The average molecular weight is 1430 g/mol. The van der Waals surface area contributed by atoms with Crippen molar-refractivity contribution in [2.24, 2.45) is 0 Å². The summed E-state index contributed by atoms with van der Waals surface area (Å²) in [7, 11) is 0. The van der Waals surface area contributed by atoms with Gasteiger partial charge in [-0.2, -0.15) is 19.9 Å². The maximum absolute atomic E-state index is 5.18. The van der Waals surface area contributed by atoms with Crippen LogP contribution < -0.4 is 0 Å². The van der Waals surface area contributed by atoms with Crippen LogP contribution >= 0.6 is 0 Å². The summed E-state index contributed by atoms with van der Waals surface area (Å²) in [5.41, 5.74) is 24.2. The van der Waals surface area contributed by atoms with Gasteiger partial charge in [0.15, 0.2) is 23.3 Å². The Morgan fingerprint density at radius 1 is 0.143 bits per heavy atom. The molecule has 6 aromatic heterocycles. The van der Waals surface area contributed by atoms with Gasteiger partial charge >= 0.3 is 0 Å². The average Bonchev–Trinajstić information content (AvgIpc) is 1.56. The fraction of sp³-hybridized carbons (Fsp3) is 0. The van der Waals surface area contributed by atoms with Gasteiger partial charge in [0.1, 0.15) is 0 Å². The Labute approximate surface area is 645 Å². The molecule has 524 valence electrons. The quantitative estimate of drug-likeness (QED) is 0.121. The molecule has 0 N–H and O–H groups in total. The second-order valence-electron chi connectivity index (χ2n) is 28.1. The summed E-state index contributed by atoms with van der Waals surface area (Å²) in [5.74, 6) is 3.68. The summed E-state index contributed by atoms with van der Waals surface area (Å²) in [6.07, 6.45) is 0. The first-order valence-electron chi connectivity index (χ1n) is 37.7. The predicted octanol–water partition coefficient (Wildman–Crippen LogP) is 25.5. The van der Waals surface area contributed by atoms with E-state index in [0.717, 1.165) is 105 Å². The molecular formula is C102H66N10. The Bertz CT molecular complexity index is 7210. The monoisotopic (exact) mass is 1430 g/mol. The lowest BCUT2D eigenvalue weighted by Gasteiger charge is -2.14. The SMILES string of the molecule is c1ccc(-c2nc(-c3ccccc3)nc(-n3c4ccccc4c4cc(-c5cc6c7ccccc7n(-c7ccccc7)c6cc5-c5ccccc5)ccc43)n2)cc1.c1ccc(-c2nc(-c3ccccc3)nc(-n3c4ccccc4c4cc(-c5ccc6c(c5)c5ccccc5n6-c5ccccc5)c(-c5ccccc5)cc43)n2)cc1. The molecule has 22 rings (SSSR count). The highest BCUT2D eigenvalue weighted by molar-refractivity contribution is 6.17. The van der Waals surface area contributed by atoms with Crippen molar-refractivity contribution in [2.75, 3.05) is 0 Å². The minimum Gasteiger partial charge on any atom is -0.309 e. The molecule has 10 heteroatoms. The molecule has 112 heavy (non-hydrogen) atoms. The number of aromatic nitrogens is 10. The Balaban J connectivity index is 0.000000141. The lowest BCUT2D eigenvalue weighted by molar-refractivity contribution is 0.953. The van der Waals surface area contributed by atoms with E-state index >= 15 is 0 Å². The molecule has 16 aromatic carbocycles. The van der Waals surface area contributed by atoms with Crippen LogP contribution in [0.15, 0.2) is 400 Å². The van der Waals surface area contributed by atoms with Crippen molar-refractivity contribution in [2.45, 2.75) is 0 Å². The molecule has 0 bridgehead atoms. The molecule has 0 fully saturated rings. The van der Waals surface area contributed by atoms with Crippen molar-refractivity contribution in [3.63, 3.8) is 0 Å². The molecule has 0 atom stereocenters. The van der Waals surface area contributed by atoms with Gasteiger partial charge in [0, 0.05) is 76.7 Å². The van der Waals surface area contributed by atoms with Crippen LogP contribution in [0.1, 0.15) is 0 Å². The minimum atomic E-state index is 0.575. The molecule has 0 saturated heterocycles. The van der Waals surface area contributed by atoms with Crippen molar-refractivity contribution < 1.29 is 0 Å². The van der Waals surface area contributed by atoms with Gasteiger partial charge in [-0.1, -0.05) is 303 Å². The van der Waals surface area contributed by atoms with Crippen molar-refractivity contribution in [3.8, 4) is 113 Å². The fourth-order valence-corrected chi connectivity index (χ4v) is 16.4. The normalized spacial score (nSPS) is 11.6. The van der Waals surface area contributed by atoms with Gasteiger partial charge in [-0.15, -0.1) is 0 Å². The molecule has 0 unspecified atom stereocenters. The summed E-state index contributed by atoms with van der Waals surface area (Å²) in [5, 5.41) is 9.41. The zero-order chi connectivity index (χ0) is 74.0. The van der Waals surface area contributed by atoms with E-state index in [4.69, 9.17) is 29.9 Å². The van der Waals surface area contributed by atoms with Crippen LogP contribution in [-0.4, -0.2) is 48.2 Å². The summed E-state index contributed by atoms with van der Waals surface area (Å²) < 4.78 is 9.15. The maximum Gasteiger partial charge on any atom is 0.238 e. The molecule has 0 spiro atoms. The van der Waals surface area contributed by atoms with Crippen LogP contribution in [0.5, 0.6) is 0 Å². The Morgan fingerprint density at radius 2 is 0.375 bits per heavy atom. The van der Waals surface area contributed by atoms with E-state index in [-0.39, 0.29) is 0 Å². The first-order chi connectivity index (χ1) is 55.6. The summed E-state index contributed by atoms with van der Waals surface area (Å²) >= 11 is 0. The molecule has 6 heterocycles. The maximum atomic E-state index is 5.18. The van der Waals surface area contributed by atoms with E-state index in [1.165, 1.54) is 60.3 Å². The van der Waals surface area contributed by atoms with Crippen LogP contribution in [0, 0.1) is 0 Å². The molecule has 0 amide bonds. The van der Waals surface area contributed by atoms with Gasteiger partial charge in [-0.05, 0) is 142 Å². The third kappa shape index (κ3) is 11.4. The molecule has 0 aliphatic heterocycles. The lowest BCUT2D eigenvalue weighted by Crippen LogP contribution is -2.06. The third-order valence-corrected chi connectivity index (χ3v) is 21.6. The summed E-state index contributed by atoms with van der Waals surface area (Å²) in [6.45, 7) is 0. The lowest BCUT2D eigenvalue weighted by atomic mass is 9.92. The van der Waals surface area contributed by atoms with E-state index in [0.29, 0.717) is 35.2 Å². The minimum absolute atomic E-state index is 0.575. The van der Waals surface area contributed by atoms with Crippen molar-refractivity contribution in [3.05, 3.63) is 400 Å². The number of hydrogen-bond acceptors (Lipinski definition) is 6. The standard InChI is InChI=1S/2C51H33N5/c1-5-17-34(18-6-1)42-33-48-44(40-26-13-15-27-45(40)55(48)38-23-11-4-12-24-38)32-41(42)37-29-30-47-43(31-37)39-25-14-16-28-46(39)56(47)51-53-49(35-19-7-2-8-20-35)52-50(54-51)36-21-9-3-10-22-36;1-5-17-34(18-6-1)42-33-48-44(32-41(42)37-29-30-47-43(31-37)39-25-13-15-27-45(39)55(47)38-23-11-4-12-24-38)40-26-14-16-28-46(40)56(48)51-53-49(35-19-7-2-8-20-35)52-50(54-51)36-21-9-3-10-22-36/h2*1-33H. The van der Waals surface area contributed by atoms with Gasteiger partial charge in [0.05, 0.1) is 44.1 Å². The van der Waals surface area contributed by atoms with E-state index in [2.05, 4.69) is 297 Å². The van der Waals surface area contributed by atoms with Gasteiger partial charge in [-0.3, -0.25) is 9.13 Å². The Hall–Kier alpha value is -15.3. The van der Waals surface area contributed by atoms with E-state index in [1.54, 1.807) is 0 Å². The van der Waals surface area contributed by atoms with Crippen molar-refractivity contribution in [1.29, 1.82) is 0 Å². The van der Waals surface area contributed by atoms with Crippen molar-refractivity contribution in [1.82, 2.24) is 48.2 Å². The largest absolute Gasteiger partial charge is 0.309 e. The van der Waals surface area contributed by atoms with Gasteiger partial charge in [0.25, 0.3) is 0 Å². The highest BCUT2D eigenvalue weighted by Crippen LogP contribution is 2.46. The summed E-state index contributed by atoms with van der Waals surface area (Å²) in [4.78, 5) is 30.6. The Kier molecular flexibility index (Phi) is 16.0. The number of fused-ring (bicyclic) bond motifs is 12. The van der Waals surface area contributed by atoms with E-state index in [9.17, 15) is 0 Å². The van der Waals surface area contributed by atoms with Crippen LogP contribution in [0.4, 0.5) is 0 Å². The molecular weight excluding hydrogens is 1370 g/mol. The molecule has 0 saturated carbocycles. The van der Waals surface area contributed by atoms with Crippen LogP contribution in [0.2, 0.25) is 0 Å². The van der Waals surface area contributed by atoms with E-state index < -0.39 is 0 Å². The van der Waals surface area contributed by atoms with Crippen LogP contribution in [-0.2, 0) is 0 Å². The van der Waals surface area contributed by atoms with Crippen LogP contribution in [0.25, 0.3) is 201 Å². The summed E-state index contributed by atoms with van der Waals surface area (Å²) in [6, 6.07) is 141. The molecule has 0 aliphatic carbocycles. The fourth-order valence-electron chi connectivity index (χ4n) is 16.4. The number of benzene rings is 16. The zero-order valence-corrected chi connectivity index (χ0v) is 60.6. The van der Waals surface area contributed by atoms with Gasteiger partial charge in [0.2, 0.25) is 11.9 Å². The second kappa shape index (κ2) is 27.5.